The predicted molar refractivity (Wildman–Crippen MR) is 84.3 cm³/mol. The quantitative estimate of drug-likeness (QED) is 0.783. The highest BCUT2D eigenvalue weighted by Gasteiger charge is 2.09. The number of aromatic nitrogens is 1. The normalized spacial score (nSPS) is 11.3. The average Bonchev–Trinajstić information content (AvgIpc) is 2.41. The number of carbonyl (C=O) groups excluding carboxylic acids is 1. The second-order valence-corrected chi connectivity index (χ2v) is 6.33. The van der Waals surface area contributed by atoms with E-state index >= 15 is 0 Å². The molecule has 0 spiro atoms. The first-order chi connectivity index (χ1) is 9.78. The average molecular weight is 293 g/mol. The van der Waals surface area contributed by atoms with Gasteiger partial charge in [0.1, 0.15) is 5.75 Å². The molecule has 0 unspecified atom stereocenters. The van der Waals surface area contributed by atoms with Gasteiger partial charge in [0.2, 0.25) is 5.91 Å². The molecule has 0 aliphatic rings. The van der Waals surface area contributed by atoms with Gasteiger partial charge >= 0.3 is 0 Å². The zero-order valence-corrected chi connectivity index (χ0v) is 13.8. The molecule has 118 valence electrons. The summed E-state index contributed by atoms with van der Waals surface area (Å²) in [5, 5.41) is 3.39. The van der Waals surface area contributed by atoms with Gasteiger partial charge in [0, 0.05) is 32.6 Å². The van der Waals surface area contributed by atoms with Crippen LogP contribution in [0.4, 0.5) is 0 Å². The topological polar surface area (TPSA) is 54.5 Å². The Morgan fingerprint density at radius 1 is 1.33 bits per heavy atom. The van der Waals surface area contributed by atoms with Crippen molar-refractivity contribution in [3.63, 3.8) is 0 Å². The molecule has 0 saturated heterocycles. The fourth-order valence-electron chi connectivity index (χ4n) is 1.59. The van der Waals surface area contributed by atoms with Gasteiger partial charge in [-0.05, 0) is 39.3 Å². The molecule has 0 bridgehead atoms. The molecule has 0 radical (unpaired) electrons. The first-order valence-electron chi connectivity index (χ1n) is 7.31. The maximum Gasteiger partial charge on any atom is 0.222 e. The van der Waals surface area contributed by atoms with Gasteiger partial charge in [0.25, 0.3) is 0 Å². The van der Waals surface area contributed by atoms with Crippen molar-refractivity contribution in [2.75, 3.05) is 20.7 Å². The maximum atomic E-state index is 11.4. The Morgan fingerprint density at radius 3 is 2.57 bits per heavy atom. The Kier molecular flexibility index (Phi) is 6.62. The molecule has 0 aliphatic heterocycles. The summed E-state index contributed by atoms with van der Waals surface area (Å²) in [6.07, 6.45) is 2.95. The molecular formula is C16H27N3O2. The predicted octanol–water partition coefficient (Wildman–Crippen LogP) is 2.22. The van der Waals surface area contributed by atoms with Crippen LogP contribution in [0.15, 0.2) is 18.3 Å². The molecule has 1 N–H and O–H groups in total. The van der Waals surface area contributed by atoms with Gasteiger partial charge in [-0.3, -0.25) is 9.78 Å². The molecule has 21 heavy (non-hydrogen) atoms. The van der Waals surface area contributed by atoms with Crippen molar-refractivity contribution in [2.45, 2.75) is 45.7 Å². The Morgan fingerprint density at radius 2 is 2.05 bits per heavy atom. The van der Waals surface area contributed by atoms with Crippen LogP contribution in [0.2, 0.25) is 0 Å². The Hall–Kier alpha value is -1.62. The van der Waals surface area contributed by atoms with E-state index in [4.69, 9.17) is 4.74 Å². The Balaban J connectivity index is 2.30. The van der Waals surface area contributed by atoms with Crippen LogP contribution in [0.5, 0.6) is 5.75 Å². The molecule has 0 fully saturated rings. The smallest absolute Gasteiger partial charge is 0.222 e. The van der Waals surface area contributed by atoms with Gasteiger partial charge in [-0.1, -0.05) is 0 Å². The van der Waals surface area contributed by atoms with Gasteiger partial charge in [0.05, 0.1) is 18.5 Å². The van der Waals surface area contributed by atoms with Crippen LogP contribution in [0.3, 0.4) is 0 Å². The molecular weight excluding hydrogens is 266 g/mol. The lowest BCUT2D eigenvalue weighted by molar-refractivity contribution is -0.128. The summed E-state index contributed by atoms with van der Waals surface area (Å²) in [6.45, 7) is 7.64. The van der Waals surface area contributed by atoms with Crippen LogP contribution >= 0.6 is 0 Å². The Bertz CT molecular complexity index is 436. The van der Waals surface area contributed by atoms with Gasteiger partial charge in [-0.2, -0.15) is 0 Å². The molecule has 1 amide bonds. The largest absolute Gasteiger partial charge is 0.492 e. The molecule has 0 saturated carbocycles. The van der Waals surface area contributed by atoms with E-state index in [2.05, 4.69) is 31.1 Å². The zero-order chi connectivity index (χ0) is 15.9. The second-order valence-electron chi connectivity index (χ2n) is 6.33. The van der Waals surface area contributed by atoms with Crippen LogP contribution in [-0.4, -0.2) is 42.0 Å². The van der Waals surface area contributed by atoms with Crippen LogP contribution in [0, 0.1) is 0 Å². The zero-order valence-electron chi connectivity index (χ0n) is 13.8. The van der Waals surface area contributed by atoms with Crippen molar-refractivity contribution in [3.8, 4) is 5.75 Å². The van der Waals surface area contributed by atoms with E-state index in [9.17, 15) is 4.79 Å². The van der Waals surface area contributed by atoms with E-state index in [1.165, 1.54) is 0 Å². The monoisotopic (exact) mass is 293 g/mol. The third-order valence-electron chi connectivity index (χ3n) is 2.90. The molecule has 0 aliphatic carbocycles. The number of nitrogens with one attached hydrogen (secondary N) is 1. The number of hydrogen-bond donors (Lipinski definition) is 1. The fraction of sp³-hybridized carbons (Fsp3) is 0.625. The van der Waals surface area contributed by atoms with E-state index in [0.717, 1.165) is 18.0 Å². The minimum atomic E-state index is 0.0792. The molecule has 5 heteroatoms. The SMILES string of the molecule is CN(C)C(=O)CCCOc1ccc(CNC(C)(C)C)nc1. The van der Waals surface area contributed by atoms with Gasteiger partial charge in [0.15, 0.2) is 0 Å². The maximum absolute atomic E-state index is 11.4. The van der Waals surface area contributed by atoms with Crippen LogP contribution < -0.4 is 10.1 Å². The molecule has 1 rings (SSSR count). The summed E-state index contributed by atoms with van der Waals surface area (Å²) >= 11 is 0. The highest BCUT2D eigenvalue weighted by molar-refractivity contribution is 5.75. The summed E-state index contributed by atoms with van der Waals surface area (Å²) in [5.74, 6) is 0.868. The molecule has 0 aromatic carbocycles. The van der Waals surface area contributed by atoms with E-state index in [0.29, 0.717) is 19.4 Å². The van der Waals surface area contributed by atoms with E-state index in [1.807, 2.05) is 12.1 Å². The van der Waals surface area contributed by atoms with E-state index in [1.54, 1.807) is 25.2 Å². The summed E-state index contributed by atoms with van der Waals surface area (Å²) in [6, 6.07) is 3.87. The van der Waals surface area contributed by atoms with Crippen LogP contribution in [-0.2, 0) is 11.3 Å². The van der Waals surface area contributed by atoms with E-state index in [-0.39, 0.29) is 11.4 Å². The van der Waals surface area contributed by atoms with Crippen LogP contribution in [0.1, 0.15) is 39.3 Å². The van der Waals surface area contributed by atoms with Gasteiger partial charge in [-0.15, -0.1) is 0 Å². The number of rotatable bonds is 7. The second kappa shape index (κ2) is 7.98. The lowest BCUT2D eigenvalue weighted by Crippen LogP contribution is -2.35. The molecule has 0 atom stereocenters. The number of hydrogen-bond acceptors (Lipinski definition) is 4. The highest BCUT2D eigenvalue weighted by Crippen LogP contribution is 2.11. The summed E-state index contributed by atoms with van der Waals surface area (Å²) in [4.78, 5) is 17.4. The third-order valence-corrected chi connectivity index (χ3v) is 2.90. The standard InChI is InChI=1S/C16H27N3O2/c1-16(2,3)18-11-13-8-9-14(12-17-13)21-10-6-7-15(20)19(4)5/h8-9,12,18H,6-7,10-11H2,1-5H3. The number of amides is 1. The number of nitrogens with zero attached hydrogens (tertiary/aromatic N) is 2. The lowest BCUT2D eigenvalue weighted by atomic mass is 10.1. The van der Waals surface area contributed by atoms with Crippen molar-refractivity contribution < 1.29 is 9.53 Å². The minimum absolute atomic E-state index is 0.0792. The molecule has 1 aromatic heterocycles. The van der Waals surface area contributed by atoms with Gasteiger partial charge < -0.3 is 15.0 Å². The first-order valence-corrected chi connectivity index (χ1v) is 7.31. The van der Waals surface area contributed by atoms with Gasteiger partial charge in [-0.25, -0.2) is 0 Å². The number of ether oxygens (including phenoxy) is 1. The number of pyridine rings is 1. The minimum Gasteiger partial charge on any atom is -0.492 e. The van der Waals surface area contributed by atoms with Crippen molar-refractivity contribution in [1.82, 2.24) is 15.2 Å². The molecule has 1 heterocycles. The fourth-order valence-corrected chi connectivity index (χ4v) is 1.59. The summed E-state index contributed by atoms with van der Waals surface area (Å²) in [5.41, 5.74) is 1.07. The Labute approximate surface area is 127 Å². The van der Waals surface area contributed by atoms with Crippen molar-refractivity contribution >= 4 is 5.91 Å². The summed E-state index contributed by atoms with van der Waals surface area (Å²) in [7, 11) is 3.52. The first kappa shape index (κ1) is 17.4. The van der Waals surface area contributed by atoms with Crippen molar-refractivity contribution in [3.05, 3.63) is 24.0 Å². The summed E-state index contributed by atoms with van der Waals surface area (Å²) < 4.78 is 5.58. The van der Waals surface area contributed by atoms with Crippen molar-refractivity contribution in [1.29, 1.82) is 0 Å². The van der Waals surface area contributed by atoms with E-state index < -0.39 is 0 Å². The number of carbonyl (C=O) groups is 1. The molecule has 5 nitrogen and oxygen atoms in total. The third kappa shape index (κ3) is 7.66. The van der Waals surface area contributed by atoms with Crippen LogP contribution in [0.25, 0.3) is 0 Å². The molecule has 1 aromatic rings. The lowest BCUT2D eigenvalue weighted by Gasteiger charge is -2.20. The van der Waals surface area contributed by atoms with Crippen molar-refractivity contribution in [2.24, 2.45) is 0 Å². The highest BCUT2D eigenvalue weighted by atomic mass is 16.5.